The molecule has 0 bridgehead atoms. The number of hydrogen-bond donors (Lipinski definition) is 4. The number of rotatable bonds is 10. The van der Waals surface area contributed by atoms with Crippen molar-refractivity contribution in [3.63, 3.8) is 0 Å². The van der Waals surface area contributed by atoms with E-state index in [0.29, 0.717) is 43.0 Å². The van der Waals surface area contributed by atoms with Crippen molar-refractivity contribution in [1.29, 1.82) is 0 Å². The molecule has 4 heterocycles. The van der Waals surface area contributed by atoms with E-state index < -0.39 is 28.9 Å². The van der Waals surface area contributed by atoms with Crippen molar-refractivity contribution in [3.8, 4) is 11.5 Å². The van der Waals surface area contributed by atoms with Gasteiger partial charge in [-0.25, -0.2) is 13.8 Å². The van der Waals surface area contributed by atoms with Gasteiger partial charge in [0.2, 0.25) is 11.8 Å². The average Bonchev–Trinajstić information content (AvgIpc) is 3.45. The first-order valence-electron chi connectivity index (χ1n) is 14.3. The lowest BCUT2D eigenvalue weighted by atomic mass is 9.83. The van der Waals surface area contributed by atoms with Crippen LogP contribution in [0.5, 0.6) is 11.5 Å². The number of carbonyl (C=O) groups excluding carboxylic acids is 3. The Bertz CT molecular complexity index is 1720. The largest absolute Gasteiger partial charge is 0.453 e. The molecular formula is C31H30F2N6O6. The molecule has 2 aromatic heterocycles. The summed E-state index contributed by atoms with van der Waals surface area (Å²) in [5, 5.41) is 8.53. The molecule has 0 aliphatic carbocycles. The predicted octanol–water partition coefficient (Wildman–Crippen LogP) is 3.29. The highest BCUT2D eigenvalue weighted by atomic mass is 19.1. The molecule has 6 rings (SSSR count). The molecule has 234 valence electrons. The Hall–Kier alpha value is -4.92. The fourth-order valence-corrected chi connectivity index (χ4v) is 4.95. The number of fused-ring (bicyclic) bond motifs is 1. The standard InChI is InChI=1S/C31H30F2N6O6/c32-19-1-3-20(4-2-19)36-29(41)31(17-44-18-31)30(42)37-21-5-6-26(23(33)15-21)45-25-7-8-34-27-22(25)16-24(38-27)28(40)35-9-10-39-11-13-43-14-12-39/h1-8,15-16H,9-14,17-18H2,(H,34,38)(H,35,40)(H,36,41)(H,37,42). The monoisotopic (exact) mass is 620 g/mol. The van der Waals surface area contributed by atoms with Crippen LogP contribution >= 0.6 is 0 Å². The number of H-pyrrole nitrogens is 1. The summed E-state index contributed by atoms with van der Waals surface area (Å²) < 4.78 is 44.7. The summed E-state index contributed by atoms with van der Waals surface area (Å²) in [7, 11) is 0. The number of nitrogens with one attached hydrogen (secondary N) is 4. The van der Waals surface area contributed by atoms with Crippen LogP contribution in [0.3, 0.4) is 0 Å². The van der Waals surface area contributed by atoms with Crippen molar-refractivity contribution >= 4 is 40.1 Å². The van der Waals surface area contributed by atoms with Gasteiger partial charge in [0, 0.05) is 49.8 Å². The molecule has 0 saturated carbocycles. The molecule has 45 heavy (non-hydrogen) atoms. The summed E-state index contributed by atoms with van der Waals surface area (Å²) in [6.45, 7) is 3.83. The lowest BCUT2D eigenvalue weighted by Crippen LogP contribution is -2.59. The van der Waals surface area contributed by atoms with Crippen LogP contribution in [-0.2, 0) is 19.1 Å². The second kappa shape index (κ2) is 13.0. The predicted molar refractivity (Wildman–Crippen MR) is 159 cm³/mol. The van der Waals surface area contributed by atoms with Crippen molar-refractivity contribution in [2.24, 2.45) is 5.41 Å². The van der Waals surface area contributed by atoms with Crippen LogP contribution in [0.1, 0.15) is 10.5 Å². The highest BCUT2D eigenvalue weighted by Gasteiger charge is 2.53. The van der Waals surface area contributed by atoms with Gasteiger partial charge in [0.15, 0.2) is 17.0 Å². The number of benzene rings is 2. The molecule has 0 spiro atoms. The maximum absolute atomic E-state index is 15.2. The zero-order chi connectivity index (χ0) is 31.4. The van der Waals surface area contributed by atoms with E-state index in [2.05, 4.69) is 30.8 Å². The minimum absolute atomic E-state index is 0.100. The summed E-state index contributed by atoms with van der Waals surface area (Å²) in [5.41, 5.74) is -0.447. The van der Waals surface area contributed by atoms with Gasteiger partial charge in [-0.1, -0.05) is 0 Å². The van der Waals surface area contributed by atoms with E-state index >= 15 is 4.39 Å². The molecule has 4 aromatic rings. The van der Waals surface area contributed by atoms with Crippen LogP contribution < -0.4 is 20.7 Å². The van der Waals surface area contributed by atoms with E-state index in [1.807, 2.05) is 0 Å². The van der Waals surface area contributed by atoms with Crippen LogP contribution in [0, 0.1) is 17.0 Å². The van der Waals surface area contributed by atoms with Gasteiger partial charge >= 0.3 is 0 Å². The minimum Gasteiger partial charge on any atom is -0.453 e. The third-order valence-electron chi connectivity index (χ3n) is 7.63. The molecule has 2 aliphatic rings. The van der Waals surface area contributed by atoms with E-state index in [-0.39, 0.29) is 42.0 Å². The Morgan fingerprint density at radius 2 is 1.62 bits per heavy atom. The highest BCUT2D eigenvalue weighted by Crippen LogP contribution is 2.34. The molecule has 0 unspecified atom stereocenters. The SMILES string of the molecule is O=C(NCCN1CCOCC1)c1cc2c(Oc3ccc(NC(=O)C4(C(=O)Nc5ccc(F)cc5)COC4)cc3F)ccnc2[nH]1. The van der Waals surface area contributed by atoms with Crippen LogP contribution in [0.4, 0.5) is 20.2 Å². The number of hydrogen-bond acceptors (Lipinski definition) is 8. The molecule has 4 N–H and O–H groups in total. The van der Waals surface area contributed by atoms with Gasteiger partial charge in [-0.15, -0.1) is 0 Å². The van der Waals surface area contributed by atoms with E-state index in [0.717, 1.165) is 19.2 Å². The molecule has 0 atom stereocenters. The van der Waals surface area contributed by atoms with E-state index in [4.69, 9.17) is 14.2 Å². The average molecular weight is 621 g/mol. The lowest BCUT2D eigenvalue weighted by molar-refractivity contribution is -0.166. The summed E-state index contributed by atoms with van der Waals surface area (Å²) >= 11 is 0. The fraction of sp³-hybridized carbons (Fsp3) is 0.290. The van der Waals surface area contributed by atoms with Crippen LogP contribution in [0.25, 0.3) is 11.0 Å². The van der Waals surface area contributed by atoms with Crippen molar-refractivity contribution in [1.82, 2.24) is 20.2 Å². The fourth-order valence-electron chi connectivity index (χ4n) is 4.95. The number of halogens is 2. The van der Waals surface area contributed by atoms with Gasteiger partial charge in [-0.3, -0.25) is 19.3 Å². The van der Waals surface area contributed by atoms with Crippen molar-refractivity contribution in [2.75, 3.05) is 63.2 Å². The van der Waals surface area contributed by atoms with Crippen molar-refractivity contribution in [2.45, 2.75) is 0 Å². The van der Waals surface area contributed by atoms with Gasteiger partial charge < -0.3 is 35.1 Å². The number of aromatic nitrogens is 2. The highest BCUT2D eigenvalue weighted by molar-refractivity contribution is 6.15. The zero-order valence-corrected chi connectivity index (χ0v) is 24.0. The van der Waals surface area contributed by atoms with Gasteiger partial charge in [0.1, 0.15) is 22.9 Å². The number of nitrogens with zero attached hydrogens (tertiary/aromatic N) is 2. The van der Waals surface area contributed by atoms with E-state index in [1.165, 1.54) is 42.6 Å². The van der Waals surface area contributed by atoms with Crippen LogP contribution in [0.15, 0.2) is 60.8 Å². The smallest absolute Gasteiger partial charge is 0.267 e. The summed E-state index contributed by atoms with van der Waals surface area (Å²) in [5.74, 6) is -2.72. The second-order valence-corrected chi connectivity index (χ2v) is 10.7. The van der Waals surface area contributed by atoms with E-state index in [1.54, 1.807) is 12.1 Å². The molecule has 14 heteroatoms. The number of carbonyl (C=O) groups is 3. The normalized spacial score (nSPS) is 16.0. The Balaban J connectivity index is 1.10. The Labute approximate surface area is 256 Å². The third-order valence-corrected chi connectivity index (χ3v) is 7.63. The zero-order valence-electron chi connectivity index (χ0n) is 24.0. The molecular weight excluding hydrogens is 590 g/mol. The second-order valence-electron chi connectivity index (χ2n) is 10.7. The first kappa shape index (κ1) is 30.1. The maximum Gasteiger partial charge on any atom is 0.267 e. The van der Waals surface area contributed by atoms with E-state index in [9.17, 15) is 18.8 Å². The number of aromatic amines is 1. The summed E-state index contributed by atoms with van der Waals surface area (Å²) in [6, 6.07) is 12.1. The number of anilines is 2. The van der Waals surface area contributed by atoms with Crippen LogP contribution in [0.2, 0.25) is 0 Å². The van der Waals surface area contributed by atoms with Gasteiger partial charge in [-0.2, -0.15) is 0 Å². The number of amides is 3. The van der Waals surface area contributed by atoms with Crippen molar-refractivity contribution in [3.05, 3.63) is 78.1 Å². The lowest BCUT2D eigenvalue weighted by Gasteiger charge is -2.38. The van der Waals surface area contributed by atoms with Gasteiger partial charge in [-0.05, 0) is 48.5 Å². The number of morpholine rings is 1. The molecule has 0 radical (unpaired) electrons. The Morgan fingerprint density at radius 1 is 0.911 bits per heavy atom. The Kier molecular flexibility index (Phi) is 8.69. The molecule has 12 nitrogen and oxygen atoms in total. The molecule has 2 aromatic carbocycles. The first-order chi connectivity index (χ1) is 21.8. The number of pyridine rings is 1. The van der Waals surface area contributed by atoms with Gasteiger partial charge in [0.25, 0.3) is 5.91 Å². The van der Waals surface area contributed by atoms with Crippen molar-refractivity contribution < 1.29 is 37.4 Å². The third kappa shape index (κ3) is 6.62. The Morgan fingerprint density at radius 3 is 2.31 bits per heavy atom. The maximum atomic E-state index is 15.2. The molecule has 3 amide bonds. The van der Waals surface area contributed by atoms with Gasteiger partial charge in [0.05, 0.1) is 31.8 Å². The molecule has 2 aliphatic heterocycles. The molecule has 2 saturated heterocycles. The summed E-state index contributed by atoms with van der Waals surface area (Å²) in [4.78, 5) is 48.3. The number of ether oxygens (including phenoxy) is 3. The summed E-state index contributed by atoms with van der Waals surface area (Å²) in [6.07, 6.45) is 1.47. The minimum atomic E-state index is -1.54. The quantitative estimate of drug-likeness (QED) is 0.198. The molecule has 2 fully saturated rings. The van der Waals surface area contributed by atoms with Crippen LogP contribution in [-0.4, -0.2) is 85.2 Å². The topological polar surface area (TPSA) is 147 Å². The first-order valence-corrected chi connectivity index (χ1v) is 14.3.